The van der Waals surface area contributed by atoms with Gasteiger partial charge in [-0.05, 0) is 56.2 Å². The monoisotopic (exact) mass is 354 g/mol. The van der Waals surface area contributed by atoms with Crippen LogP contribution in [-0.2, 0) is 0 Å². The summed E-state index contributed by atoms with van der Waals surface area (Å²) in [5, 5.41) is 0.961. The number of hydrogen-bond donors (Lipinski definition) is 0. The summed E-state index contributed by atoms with van der Waals surface area (Å²) in [4.78, 5) is 0. The fourth-order valence-corrected chi connectivity index (χ4v) is 2.32. The first-order valence-corrected chi connectivity index (χ1v) is 8.38. The Morgan fingerprint density at radius 3 is 2.04 bits per heavy atom. The van der Waals surface area contributed by atoms with Gasteiger partial charge in [-0.3, -0.25) is 0 Å². The van der Waals surface area contributed by atoms with Crippen LogP contribution in [0.2, 0.25) is 10.0 Å². The fourth-order valence-electron chi connectivity index (χ4n) is 1.97. The second-order valence-electron chi connectivity index (χ2n) is 4.86. The highest BCUT2D eigenvalue weighted by atomic mass is 35.5. The van der Waals surface area contributed by atoms with Crippen molar-refractivity contribution in [2.45, 2.75) is 19.8 Å². The summed E-state index contributed by atoms with van der Waals surface area (Å²) in [6.07, 6.45) is 1.77. The van der Waals surface area contributed by atoms with Crippen molar-refractivity contribution in [2.75, 3.05) is 19.8 Å². The molecule has 124 valence electrons. The maximum atomic E-state index is 6.06. The van der Waals surface area contributed by atoms with E-state index < -0.39 is 0 Å². The van der Waals surface area contributed by atoms with Crippen molar-refractivity contribution >= 4 is 23.2 Å². The SMILES string of the molecule is CCOc1ccc(OCCCCOc2cccc(Cl)c2Cl)cc1. The molecule has 0 unspecified atom stereocenters. The van der Waals surface area contributed by atoms with Crippen LogP contribution in [0.25, 0.3) is 0 Å². The maximum absolute atomic E-state index is 6.06. The zero-order chi connectivity index (χ0) is 16.5. The van der Waals surface area contributed by atoms with Gasteiger partial charge < -0.3 is 14.2 Å². The van der Waals surface area contributed by atoms with Gasteiger partial charge in [0.15, 0.2) is 0 Å². The molecule has 0 saturated carbocycles. The number of hydrogen-bond acceptors (Lipinski definition) is 3. The smallest absolute Gasteiger partial charge is 0.139 e. The van der Waals surface area contributed by atoms with Crippen molar-refractivity contribution < 1.29 is 14.2 Å². The topological polar surface area (TPSA) is 27.7 Å². The Morgan fingerprint density at radius 1 is 0.783 bits per heavy atom. The van der Waals surface area contributed by atoms with Crippen molar-refractivity contribution in [3.05, 3.63) is 52.5 Å². The van der Waals surface area contributed by atoms with Gasteiger partial charge in [0.2, 0.25) is 0 Å². The first-order chi connectivity index (χ1) is 11.2. The molecule has 0 saturated heterocycles. The van der Waals surface area contributed by atoms with Gasteiger partial charge in [-0.25, -0.2) is 0 Å². The number of rotatable bonds is 9. The first kappa shape index (κ1) is 17.8. The zero-order valence-corrected chi connectivity index (χ0v) is 14.6. The van der Waals surface area contributed by atoms with E-state index in [1.807, 2.05) is 43.3 Å². The van der Waals surface area contributed by atoms with Crippen molar-refractivity contribution in [3.63, 3.8) is 0 Å². The normalized spacial score (nSPS) is 10.4. The number of benzene rings is 2. The van der Waals surface area contributed by atoms with E-state index >= 15 is 0 Å². The van der Waals surface area contributed by atoms with Crippen LogP contribution >= 0.6 is 23.2 Å². The molecule has 0 fully saturated rings. The lowest BCUT2D eigenvalue weighted by molar-refractivity contribution is 0.266. The van der Waals surface area contributed by atoms with Gasteiger partial charge in [0.1, 0.15) is 22.3 Å². The summed E-state index contributed by atoms with van der Waals surface area (Å²) in [6, 6.07) is 13.0. The molecule has 0 amide bonds. The predicted molar refractivity (Wildman–Crippen MR) is 94.3 cm³/mol. The highest BCUT2D eigenvalue weighted by molar-refractivity contribution is 6.42. The Hall–Kier alpha value is -1.58. The van der Waals surface area contributed by atoms with E-state index in [-0.39, 0.29) is 0 Å². The van der Waals surface area contributed by atoms with Crippen LogP contribution < -0.4 is 14.2 Å². The molecule has 23 heavy (non-hydrogen) atoms. The van der Waals surface area contributed by atoms with E-state index in [1.165, 1.54) is 0 Å². The molecule has 3 nitrogen and oxygen atoms in total. The highest BCUT2D eigenvalue weighted by Gasteiger charge is 2.04. The van der Waals surface area contributed by atoms with Gasteiger partial charge in [-0.15, -0.1) is 0 Å². The quantitative estimate of drug-likeness (QED) is 0.546. The minimum atomic E-state index is 0.458. The Kier molecular flexibility index (Phi) is 7.37. The third kappa shape index (κ3) is 5.85. The van der Waals surface area contributed by atoms with Crippen molar-refractivity contribution in [3.8, 4) is 17.2 Å². The average Bonchev–Trinajstić information content (AvgIpc) is 2.56. The second kappa shape index (κ2) is 9.53. The van der Waals surface area contributed by atoms with Crippen LogP contribution in [0.1, 0.15) is 19.8 Å². The molecule has 0 aliphatic heterocycles. The summed E-state index contributed by atoms with van der Waals surface area (Å²) >= 11 is 12.0. The standard InChI is InChI=1S/C18H20Cl2O3/c1-2-21-14-8-10-15(11-9-14)22-12-3-4-13-23-17-7-5-6-16(19)18(17)20/h5-11H,2-4,12-13H2,1H3. The largest absolute Gasteiger partial charge is 0.494 e. The Morgan fingerprint density at radius 2 is 1.39 bits per heavy atom. The molecule has 0 heterocycles. The van der Waals surface area contributed by atoms with E-state index in [0.29, 0.717) is 35.6 Å². The molecule has 0 N–H and O–H groups in total. The first-order valence-electron chi connectivity index (χ1n) is 7.63. The molecule has 0 radical (unpaired) electrons. The minimum Gasteiger partial charge on any atom is -0.494 e. The van der Waals surface area contributed by atoms with Gasteiger partial charge in [0.25, 0.3) is 0 Å². The number of halogens is 2. The van der Waals surface area contributed by atoms with Crippen LogP contribution in [0.15, 0.2) is 42.5 Å². The molecule has 0 aromatic heterocycles. The molecule has 2 aromatic rings. The molecular weight excluding hydrogens is 335 g/mol. The molecule has 0 spiro atoms. The second-order valence-corrected chi connectivity index (χ2v) is 5.65. The number of unbranched alkanes of at least 4 members (excludes halogenated alkanes) is 1. The van der Waals surface area contributed by atoms with E-state index in [0.717, 1.165) is 24.3 Å². The lowest BCUT2D eigenvalue weighted by atomic mass is 10.3. The van der Waals surface area contributed by atoms with Gasteiger partial charge in [-0.1, -0.05) is 29.3 Å². The molecule has 2 rings (SSSR count). The summed E-state index contributed by atoms with van der Waals surface area (Å²) < 4.78 is 16.7. The predicted octanol–water partition coefficient (Wildman–Crippen LogP) is 5.63. The fraction of sp³-hybridized carbons (Fsp3) is 0.333. The molecule has 0 bridgehead atoms. The highest BCUT2D eigenvalue weighted by Crippen LogP contribution is 2.31. The summed E-state index contributed by atoms with van der Waals surface area (Å²) in [6.45, 7) is 3.84. The zero-order valence-electron chi connectivity index (χ0n) is 13.1. The summed E-state index contributed by atoms with van der Waals surface area (Å²) in [5.74, 6) is 2.31. The molecule has 2 aromatic carbocycles. The Balaban J connectivity index is 1.63. The third-order valence-electron chi connectivity index (χ3n) is 3.12. The lowest BCUT2D eigenvalue weighted by Gasteiger charge is -2.10. The Bertz CT molecular complexity index is 600. The Labute approximate surface area is 147 Å². The van der Waals surface area contributed by atoms with E-state index in [1.54, 1.807) is 6.07 Å². The van der Waals surface area contributed by atoms with Crippen molar-refractivity contribution in [1.82, 2.24) is 0 Å². The van der Waals surface area contributed by atoms with Crippen LogP contribution in [0.4, 0.5) is 0 Å². The molecule has 5 heteroatoms. The van der Waals surface area contributed by atoms with Gasteiger partial charge in [0, 0.05) is 0 Å². The van der Waals surface area contributed by atoms with Crippen molar-refractivity contribution in [1.29, 1.82) is 0 Å². The lowest BCUT2D eigenvalue weighted by Crippen LogP contribution is -2.03. The van der Waals surface area contributed by atoms with E-state index in [4.69, 9.17) is 37.4 Å². The van der Waals surface area contributed by atoms with Crippen LogP contribution in [0, 0.1) is 0 Å². The minimum absolute atomic E-state index is 0.458. The molecule has 0 aliphatic rings. The van der Waals surface area contributed by atoms with Gasteiger partial charge in [-0.2, -0.15) is 0 Å². The third-order valence-corrected chi connectivity index (χ3v) is 3.92. The average molecular weight is 355 g/mol. The maximum Gasteiger partial charge on any atom is 0.139 e. The van der Waals surface area contributed by atoms with Crippen LogP contribution in [0.3, 0.4) is 0 Å². The van der Waals surface area contributed by atoms with Crippen molar-refractivity contribution in [2.24, 2.45) is 0 Å². The summed E-state index contributed by atoms with van der Waals surface area (Å²) in [7, 11) is 0. The van der Waals surface area contributed by atoms with E-state index in [2.05, 4.69) is 0 Å². The van der Waals surface area contributed by atoms with Gasteiger partial charge >= 0.3 is 0 Å². The van der Waals surface area contributed by atoms with E-state index in [9.17, 15) is 0 Å². The number of ether oxygens (including phenoxy) is 3. The van der Waals surface area contributed by atoms with Crippen LogP contribution in [-0.4, -0.2) is 19.8 Å². The molecule has 0 aliphatic carbocycles. The summed E-state index contributed by atoms with van der Waals surface area (Å²) in [5.41, 5.74) is 0. The molecular formula is C18H20Cl2O3. The molecule has 0 atom stereocenters. The van der Waals surface area contributed by atoms with Crippen LogP contribution in [0.5, 0.6) is 17.2 Å². The van der Waals surface area contributed by atoms with Gasteiger partial charge in [0.05, 0.1) is 24.8 Å².